The summed E-state index contributed by atoms with van der Waals surface area (Å²) in [6, 6.07) is 20.6. The van der Waals surface area contributed by atoms with Crippen molar-refractivity contribution < 1.29 is 14.3 Å². The Labute approximate surface area is 201 Å². The summed E-state index contributed by atoms with van der Waals surface area (Å²) in [5, 5.41) is 9.53. The molecule has 0 N–H and O–H groups in total. The Morgan fingerprint density at radius 3 is 2.30 bits per heavy atom. The van der Waals surface area contributed by atoms with E-state index in [1.807, 2.05) is 60.7 Å². The molecule has 0 bridgehead atoms. The van der Waals surface area contributed by atoms with E-state index < -0.39 is 5.97 Å². The summed E-state index contributed by atoms with van der Waals surface area (Å²) < 4.78 is 12.1. The van der Waals surface area contributed by atoms with Gasteiger partial charge in [-0.15, -0.1) is 5.10 Å². The number of rotatable bonds is 7. The molecule has 0 aliphatic carbocycles. The number of esters is 1. The molecule has 0 aliphatic rings. The van der Waals surface area contributed by atoms with Crippen LogP contribution in [0.15, 0.2) is 66.7 Å². The zero-order valence-corrected chi connectivity index (χ0v) is 19.6. The van der Waals surface area contributed by atoms with E-state index in [0.717, 1.165) is 22.4 Å². The Morgan fingerprint density at radius 1 is 0.970 bits per heavy atom. The SMILES string of the molecule is CCOC(=O)c1nnn(Cc2ccc(OC)cc2)c1-c1ccc(-c2ccc(Cl)cc2)c(Cl)c1. The average molecular weight is 482 g/mol. The molecule has 3 aromatic carbocycles. The molecule has 0 saturated carbocycles. The largest absolute Gasteiger partial charge is 0.497 e. The highest BCUT2D eigenvalue weighted by Crippen LogP contribution is 2.34. The highest BCUT2D eigenvalue weighted by molar-refractivity contribution is 6.33. The quantitative estimate of drug-likeness (QED) is 0.296. The zero-order chi connectivity index (χ0) is 23.4. The molecule has 168 valence electrons. The maximum absolute atomic E-state index is 12.6. The summed E-state index contributed by atoms with van der Waals surface area (Å²) in [7, 11) is 1.62. The van der Waals surface area contributed by atoms with Gasteiger partial charge >= 0.3 is 5.97 Å². The van der Waals surface area contributed by atoms with Crippen molar-refractivity contribution in [3.8, 4) is 28.1 Å². The van der Waals surface area contributed by atoms with E-state index in [4.69, 9.17) is 32.7 Å². The number of methoxy groups -OCH3 is 1. The lowest BCUT2D eigenvalue weighted by Gasteiger charge is -2.11. The number of nitrogens with zero attached hydrogens (tertiary/aromatic N) is 3. The minimum Gasteiger partial charge on any atom is -0.497 e. The van der Waals surface area contributed by atoms with Crippen molar-refractivity contribution >= 4 is 29.2 Å². The Balaban J connectivity index is 1.75. The molecular formula is C25H21Cl2N3O3. The lowest BCUT2D eigenvalue weighted by atomic mass is 10.0. The number of benzene rings is 3. The number of carbonyl (C=O) groups excluding carboxylic acids is 1. The van der Waals surface area contributed by atoms with Crippen LogP contribution < -0.4 is 4.74 Å². The van der Waals surface area contributed by atoms with E-state index in [1.165, 1.54) is 0 Å². The van der Waals surface area contributed by atoms with Crippen LogP contribution >= 0.6 is 23.2 Å². The molecule has 0 spiro atoms. The molecule has 1 heterocycles. The highest BCUT2D eigenvalue weighted by atomic mass is 35.5. The first-order chi connectivity index (χ1) is 16.0. The molecule has 0 saturated heterocycles. The second-order valence-electron chi connectivity index (χ2n) is 7.21. The first-order valence-corrected chi connectivity index (χ1v) is 11.0. The number of ether oxygens (including phenoxy) is 2. The summed E-state index contributed by atoms with van der Waals surface area (Å²) in [4.78, 5) is 12.6. The Hall–Kier alpha value is -3.35. The molecule has 6 nitrogen and oxygen atoms in total. The number of halogens is 2. The summed E-state index contributed by atoms with van der Waals surface area (Å²) in [5.74, 6) is 0.223. The summed E-state index contributed by atoms with van der Waals surface area (Å²) in [6.07, 6.45) is 0. The molecule has 33 heavy (non-hydrogen) atoms. The van der Waals surface area contributed by atoms with E-state index in [1.54, 1.807) is 24.8 Å². The smallest absolute Gasteiger partial charge is 0.361 e. The van der Waals surface area contributed by atoms with E-state index in [2.05, 4.69) is 10.3 Å². The van der Waals surface area contributed by atoms with Gasteiger partial charge in [0, 0.05) is 21.2 Å². The first-order valence-electron chi connectivity index (χ1n) is 10.3. The standard InChI is InChI=1S/C25H21Cl2N3O3/c1-3-33-25(31)23-24(30(29-28-23)15-16-4-11-20(32-2)12-5-16)18-8-13-21(22(27)14-18)17-6-9-19(26)10-7-17/h4-14H,3,15H2,1-2H3. The highest BCUT2D eigenvalue weighted by Gasteiger charge is 2.23. The first kappa shape index (κ1) is 22.8. The van der Waals surface area contributed by atoms with Gasteiger partial charge in [-0.2, -0.15) is 0 Å². The average Bonchev–Trinajstić information content (AvgIpc) is 3.24. The van der Waals surface area contributed by atoms with Crippen LogP contribution in [0.3, 0.4) is 0 Å². The maximum atomic E-state index is 12.6. The van der Waals surface area contributed by atoms with E-state index in [-0.39, 0.29) is 12.3 Å². The third-order valence-electron chi connectivity index (χ3n) is 5.09. The summed E-state index contributed by atoms with van der Waals surface area (Å²) in [5.41, 5.74) is 4.14. The van der Waals surface area contributed by atoms with Crippen LogP contribution in [0.5, 0.6) is 5.75 Å². The molecule has 8 heteroatoms. The molecule has 0 radical (unpaired) electrons. The fourth-order valence-corrected chi connectivity index (χ4v) is 3.89. The zero-order valence-electron chi connectivity index (χ0n) is 18.1. The minimum atomic E-state index is -0.536. The van der Waals surface area contributed by atoms with Gasteiger partial charge in [0.1, 0.15) is 11.4 Å². The second-order valence-corrected chi connectivity index (χ2v) is 8.06. The van der Waals surface area contributed by atoms with Crippen molar-refractivity contribution in [3.63, 3.8) is 0 Å². The Bertz CT molecular complexity index is 1270. The fourth-order valence-electron chi connectivity index (χ4n) is 3.48. The Morgan fingerprint density at radius 2 is 1.67 bits per heavy atom. The van der Waals surface area contributed by atoms with Crippen molar-refractivity contribution in [3.05, 3.63) is 88.0 Å². The minimum absolute atomic E-state index is 0.140. The van der Waals surface area contributed by atoms with Gasteiger partial charge < -0.3 is 9.47 Å². The van der Waals surface area contributed by atoms with Gasteiger partial charge in [0.2, 0.25) is 0 Å². The van der Waals surface area contributed by atoms with E-state index in [9.17, 15) is 4.79 Å². The van der Waals surface area contributed by atoms with Gasteiger partial charge in [-0.25, -0.2) is 9.48 Å². The summed E-state index contributed by atoms with van der Waals surface area (Å²) in [6.45, 7) is 2.39. The molecule has 0 aliphatic heterocycles. The van der Waals surface area contributed by atoms with Crippen molar-refractivity contribution in [1.29, 1.82) is 0 Å². The third kappa shape index (κ3) is 5.02. The fraction of sp³-hybridized carbons (Fsp3) is 0.160. The normalized spacial score (nSPS) is 10.8. The Kier molecular flexibility index (Phi) is 6.96. The summed E-state index contributed by atoms with van der Waals surface area (Å²) >= 11 is 12.7. The number of carbonyl (C=O) groups is 1. The predicted octanol–water partition coefficient (Wildman–Crippen LogP) is 6.15. The van der Waals surface area contributed by atoms with Crippen LogP contribution in [0.25, 0.3) is 22.4 Å². The second kappa shape index (κ2) is 10.1. The molecule has 4 rings (SSSR count). The molecule has 0 amide bonds. The van der Waals surface area contributed by atoms with Gasteiger partial charge in [0.15, 0.2) is 5.69 Å². The number of hydrogen-bond donors (Lipinski definition) is 0. The third-order valence-corrected chi connectivity index (χ3v) is 5.66. The van der Waals surface area contributed by atoms with Gasteiger partial charge in [-0.3, -0.25) is 0 Å². The van der Waals surface area contributed by atoms with Gasteiger partial charge in [-0.1, -0.05) is 64.8 Å². The van der Waals surface area contributed by atoms with Gasteiger partial charge in [0.25, 0.3) is 0 Å². The van der Waals surface area contributed by atoms with Gasteiger partial charge in [0.05, 0.1) is 20.3 Å². The van der Waals surface area contributed by atoms with Crippen LogP contribution in [-0.4, -0.2) is 34.7 Å². The van der Waals surface area contributed by atoms with Crippen LogP contribution in [0.2, 0.25) is 10.0 Å². The molecule has 1 aromatic heterocycles. The van der Waals surface area contributed by atoms with Crippen molar-refractivity contribution in [2.45, 2.75) is 13.5 Å². The van der Waals surface area contributed by atoms with E-state index in [0.29, 0.717) is 27.8 Å². The maximum Gasteiger partial charge on any atom is 0.361 e. The van der Waals surface area contributed by atoms with Crippen molar-refractivity contribution in [2.75, 3.05) is 13.7 Å². The molecule has 0 atom stereocenters. The monoisotopic (exact) mass is 481 g/mol. The number of aromatic nitrogens is 3. The molecule has 4 aromatic rings. The van der Waals surface area contributed by atoms with Crippen molar-refractivity contribution in [2.24, 2.45) is 0 Å². The molecular weight excluding hydrogens is 461 g/mol. The van der Waals surface area contributed by atoms with Crippen molar-refractivity contribution in [1.82, 2.24) is 15.0 Å². The lowest BCUT2D eigenvalue weighted by molar-refractivity contribution is 0.0520. The van der Waals surface area contributed by atoms with Crippen LogP contribution in [0.4, 0.5) is 0 Å². The molecule has 0 fully saturated rings. The van der Waals surface area contributed by atoms with Gasteiger partial charge in [-0.05, 0) is 48.4 Å². The topological polar surface area (TPSA) is 66.2 Å². The van der Waals surface area contributed by atoms with Crippen LogP contribution in [-0.2, 0) is 11.3 Å². The molecule has 0 unspecified atom stereocenters. The van der Waals surface area contributed by atoms with Crippen LogP contribution in [0.1, 0.15) is 23.0 Å². The predicted molar refractivity (Wildman–Crippen MR) is 129 cm³/mol. The lowest BCUT2D eigenvalue weighted by Crippen LogP contribution is -2.09. The van der Waals surface area contributed by atoms with E-state index >= 15 is 0 Å². The number of hydrogen-bond acceptors (Lipinski definition) is 5. The van der Waals surface area contributed by atoms with Crippen LogP contribution in [0, 0.1) is 0 Å².